The van der Waals surface area contributed by atoms with Gasteiger partial charge in [0.15, 0.2) is 4.90 Å². The van der Waals surface area contributed by atoms with Crippen LogP contribution in [0.2, 0.25) is 0 Å². The van der Waals surface area contributed by atoms with Crippen LogP contribution in [0.1, 0.15) is 19.8 Å². The first-order valence-corrected chi connectivity index (χ1v) is 8.27. The van der Waals surface area contributed by atoms with Crippen molar-refractivity contribution in [3.05, 3.63) is 38.4 Å². The molecule has 0 aliphatic heterocycles. The molecule has 0 heterocycles. The minimum atomic E-state index is -4.80. The van der Waals surface area contributed by atoms with Crippen molar-refractivity contribution in [2.75, 3.05) is 13.7 Å². The van der Waals surface area contributed by atoms with Crippen molar-refractivity contribution in [2.45, 2.75) is 24.7 Å². The van der Waals surface area contributed by atoms with Crippen LogP contribution in [0.5, 0.6) is 0 Å². The maximum Gasteiger partial charge on any atom is 0.434 e. The van der Waals surface area contributed by atoms with Gasteiger partial charge in [0.2, 0.25) is 0 Å². The fourth-order valence-corrected chi connectivity index (χ4v) is 2.77. The van der Waals surface area contributed by atoms with Crippen molar-refractivity contribution in [3.63, 3.8) is 0 Å². The number of benzene rings is 1. The summed E-state index contributed by atoms with van der Waals surface area (Å²) in [6, 6.07) is 1.93. The minimum Gasteiger partial charge on any atom is -0.451 e. The maximum atomic E-state index is 12.3. The lowest BCUT2D eigenvalue weighted by Crippen LogP contribution is -2.34. The molecule has 0 fully saturated rings. The lowest BCUT2D eigenvalue weighted by molar-refractivity contribution is -0.396. The fraction of sp³-hybridized carbons (Fsp3) is 0.417. The number of hydrogen-bond acceptors (Lipinski definition) is 9. The fourth-order valence-electron chi connectivity index (χ4n) is 1.69. The van der Waals surface area contributed by atoms with Crippen LogP contribution in [0, 0.1) is 20.2 Å². The van der Waals surface area contributed by atoms with E-state index in [0.717, 1.165) is 13.2 Å². The molecule has 0 N–H and O–H groups in total. The monoisotopic (exact) mass is 377 g/mol. The van der Waals surface area contributed by atoms with Gasteiger partial charge in [-0.05, 0) is 12.5 Å². The van der Waals surface area contributed by atoms with Gasteiger partial charge in [-0.25, -0.2) is 4.79 Å². The Bertz CT molecular complexity index is 778. The first-order valence-electron chi connectivity index (χ1n) is 6.87. The largest absolute Gasteiger partial charge is 0.451 e. The topological polar surface area (TPSA) is 159 Å². The van der Waals surface area contributed by atoms with Crippen molar-refractivity contribution in [1.82, 2.24) is 5.06 Å². The molecule has 0 radical (unpaired) electrons. The van der Waals surface area contributed by atoms with Crippen molar-refractivity contribution < 1.29 is 32.1 Å². The smallest absolute Gasteiger partial charge is 0.434 e. The number of nitrogens with zero attached hydrogens (tertiary/aromatic N) is 3. The summed E-state index contributed by atoms with van der Waals surface area (Å²) in [5.74, 6) is 0. The van der Waals surface area contributed by atoms with E-state index in [1.807, 2.05) is 0 Å². The molecule has 0 aromatic heterocycles. The molecule has 0 unspecified atom stereocenters. The van der Waals surface area contributed by atoms with Crippen LogP contribution < -0.4 is 0 Å². The highest BCUT2D eigenvalue weighted by Gasteiger charge is 2.33. The maximum absolute atomic E-state index is 12.3. The van der Waals surface area contributed by atoms with Gasteiger partial charge in [-0.3, -0.25) is 20.2 Å². The summed E-state index contributed by atoms with van der Waals surface area (Å²) in [6.07, 6.45) is -0.122. The van der Waals surface area contributed by atoms with E-state index in [9.17, 15) is 33.4 Å². The Morgan fingerprint density at radius 2 is 1.88 bits per heavy atom. The first-order chi connectivity index (χ1) is 11.6. The van der Waals surface area contributed by atoms with Gasteiger partial charge in [0.25, 0.3) is 11.4 Å². The molecule has 12 nitrogen and oxygen atoms in total. The Morgan fingerprint density at radius 3 is 2.36 bits per heavy atom. The van der Waals surface area contributed by atoms with E-state index in [1.54, 1.807) is 6.92 Å². The van der Waals surface area contributed by atoms with E-state index >= 15 is 0 Å². The van der Waals surface area contributed by atoms with Gasteiger partial charge in [0.1, 0.15) is 0 Å². The molecule has 0 atom stereocenters. The predicted molar refractivity (Wildman–Crippen MR) is 82.0 cm³/mol. The quantitative estimate of drug-likeness (QED) is 0.487. The van der Waals surface area contributed by atoms with Gasteiger partial charge in [-0.2, -0.15) is 13.5 Å². The zero-order valence-corrected chi connectivity index (χ0v) is 14.1. The van der Waals surface area contributed by atoms with E-state index < -0.39 is 42.3 Å². The number of unbranched alkanes of at least 4 members (excludes halogenated alkanes) is 1. The van der Waals surface area contributed by atoms with E-state index in [1.165, 1.54) is 0 Å². The zero-order valence-electron chi connectivity index (χ0n) is 13.3. The molecule has 0 aliphatic rings. The third-order valence-electron chi connectivity index (χ3n) is 2.90. The van der Waals surface area contributed by atoms with E-state index in [0.29, 0.717) is 30.0 Å². The second kappa shape index (κ2) is 8.34. The van der Waals surface area contributed by atoms with Crippen LogP contribution in [0.4, 0.5) is 16.2 Å². The lowest BCUT2D eigenvalue weighted by atomic mass is 10.3. The van der Waals surface area contributed by atoms with Crippen molar-refractivity contribution in [2.24, 2.45) is 0 Å². The average molecular weight is 377 g/mol. The highest BCUT2D eigenvalue weighted by molar-refractivity contribution is 7.86. The average Bonchev–Trinajstić information content (AvgIpc) is 2.56. The van der Waals surface area contributed by atoms with Crippen molar-refractivity contribution >= 4 is 27.6 Å². The molecule has 1 amide bonds. The summed E-state index contributed by atoms with van der Waals surface area (Å²) in [5.41, 5.74) is -1.71. The SMILES string of the molecule is CCCCN(OS(=O)(=O)c1ccc([N+](=O)[O-])cc1[N+](=O)[O-])C(=O)OC. The number of ether oxygens (including phenoxy) is 1. The number of nitro benzene ring substituents is 2. The second-order valence-electron chi connectivity index (χ2n) is 4.62. The van der Waals surface area contributed by atoms with Gasteiger partial charge >= 0.3 is 16.2 Å². The Kier molecular flexibility index (Phi) is 6.76. The summed E-state index contributed by atoms with van der Waals surface area (Å²) < 4.78 is 33.6. The molecular weight excluding hydrogens is 362 g/mol. The second-order valence-corrected chi connectivity index (χ2v) is 6.12. The zero-order chi connectivity index (χ0) is 19.2. The molecule has 1 aromatic rings. The molecule has 1 aromatic carbocycles. The van der Waals surface area contributed by atoms with Gasteiger partial charge in [0, 0.05) is 6.07 Å². The molecule has 0 saturated heterocycles. The molecule has 25 heavy (non-hydrogen) atoms. The van der Waals surface area contributed by atoms with E-state index in [4.69, 9.17) is 0 Å². The van der Waals surface area contributed by atoms with Crippen LogP contribution in [0.25, 0.3) is 0 Å². The van der Waals surface area contributed by atoms with Gasteiger partial charge in [-0.1, -0.05) is 13.3 Å². The van der Waals surface area contributed by atoms with Crippen LogP contribution in [-0.4, -0.2) is 43.1 Å². The molecule has 0 saturated carbocycles. The van der Waals surface area contributed by atoms with Gasteiger partial charge < -0.3 is 4.74 Å². The number of hydrogen-bond donors (Lipinski definition) is 0. The minimum absolute atomic E-state index is 0.136. The third kappa shape index (κ3) is 5.09. The molecule has 0 bridgehead atoms. The van der Waals surface area contributed by atoms with E-state index in [-0.39, 0.29) is 6.54 Å². The van der Waals surface area contributed by atoms with Crippen LogP contribution in [0.3, 0.4) is 0 Å². The van der Waals surface area contributed by atoms with Crippen molar-refractivity contribution in [1.29, 1.82) is 0 Å². The van der Waals surface area contributed by atoms with Crippen molar-refractivity contribution in [3.8, 4) is 0 Å². The molecular formula is C12H15N3O9S. The highest BCUT2D eigenvalue weighted by Crippen LogP contribution is 2.30. The third-order valence-corrected chi connectivity index (χ3v) is 4.16. The molecule has 0 aliphatic carbocycles. The van der Waals surface area contributed by atoms with E-state index in [2.05, 4.69) is 9.02 Å². The number of amides is 1. The Labute approximate surface area is 142 Å². The number of rotatable bonds is 8. The van der Waals surface area contributed by atoms with Crippen LogP contribution in [-0.2, 0) is 19.1 Å². The Morgan fingerprint density at radius 1 is 1.24 bits per heavy atom. The molecule has 138 valence electrons. The number of methoxy groups -OCH3 is 1. The Hall–Kier alpha value is -2.80. The van der Waals surface area contributed by atoms with Crippen LogP contribution in [0.15, 0.2) is 23.1 Å². The number of non-ortho nitro benzene ring substituents is 1. The molecule has 1 rings (SSSR count). The van der Waals surface area contributed by atoms with Crippen LogP contribution >= 0.6 is 0 Å². The standard InChI is InChI=1S/C12H15N3O9S/c1-3-4-7-13(12(16)23-2)24-25(21,22)11-6-5-9(14(17)18)8-10(11)15(19)20/h5-6,8H,3-4,7H2,1-2H3. The number of hydroxylamine groups is 2. The highest BCUT2D eigenvalue weighted by atomic mass is 32.2. The summed E-state index contributed by atoms with van der Waals surface area (Å²) >= 11 is 0. The number of carbonyl (C=O) groups excluding carboxylic acids is 1. The summed E-state index contributed by atoms with van der Waals surface area (Å²) in [7, 11) is -3.80. The summed E-state index contributed by atoms with van der Waals surface area (Å²) in [6.45, 7) is 1.65. The first kappa shape index (κ1) is 20.2. The lowest BCUT2D eigenvalue weighted by Gasteiger charge is -2.19. The molecule has 0 spiro atoms. The summed E-state index contributed by atoms with van der Waals surface area (Å²) in [5, 5.41) is 22.1. The Balaban J connectivity index is 3.29. The summed E-state index contributed by atoms with van der Waals surface area (Å²) in [4.78, 5) is 30.4. The predicted octanol–water partition coefficient (Wildman–Crippen LogP) is 1.99. The molecule has 13 heteroatoms. The van der Waals surface area contributed by atoms with Gasteiger partial charge in [0.05, 0.1) is 29.6 Å². The normalized spacial score (nSPS) is 11.0. The number of nitro groups is 2. The number of carbonyl (C=O) groups is 1. The van der Waals surface area contributed by atoms with Gasteiger partial charge in [-0.15, -0.1) is 4.28 Å².